The number of nitrogens with one attached hydrogen (secondary N) is 1. The van der Waals surface area contributed by atoms with E-state index in [9.17, 15) is 4.79 Å². The van der Waals surface area contributed by atoms with Gasteiger partial charge in [-0.05, 0) is 30.2 Å². The summed E-state index contributed by atoms with van der Waals surface area (Å²) in [5.41, 5.74) is 0.821. The van der Waals surface area contributed by atoms with Gasteiger partial charge >= 0.3 is 0 Å². The lowest BCUT2D eigenvalue weighted by Crippen LogP contribution is -2.23. The maximum Gasteiger partial charge on any atom is 0.244 e. The highest BCUT2D eigenvalue weighted by Gasteiger charge is 1.96. The summed E-state index contributed by atoms with van der Waals surface area (Å²) in [4.78, 5) is 15.3. The van der Waals surface area contributed by atoms with E-state index in [1.807, 2.05) is 0 Å². The highest BCUT2D eigenvalue weighted by atomic mass is 35.5. The molecule has 0 atom stereocenters. The van der Waals surface area contributed by atoms with Crippen LogP contribution in [0.5, 0.6) is 0 Å². The van der Waals surface area contributed by atoms with Crippen molar-refractivity contribution in [2.24, 2.45) is 0 Å². The first-order valence-electron chi connectivity index (χ1n) is 5.98. The molecule has 104 valence electrons. The Balaban J connectivity index is 2.20. The zero-order chi connectivity index (χ0) is 13.9. The lowest BCUT2D eigenvalue weighted by Gasteiger charge is -2.03. The van der Waals surface area contributed by atoms with Crippen LogP contribution in [-0.4, -0.2) is 42.4 Å². The van der Waals surface area contributed by atoms with Crippen molar-refractivity contribution >= 4 is 23.6 Å². The zero-order valence-corrected chi connectivity index (χ0v) is 11.3. The molecule has 0 fully saturated rings. The first-order valence-corrected chi connectivity index (χ1v) is 6.36. The molecule has 0 aliphatic carbocycles. The van der Waals surface area contributed by atoms with E-state index in [2.05, 4.69) is 10.3 Å². The average Bonchev–Trinajstić information content (AvgIpc) is 2.40. The molecule has 0 aromatic carbocycles. The molecular weight excluding hydrogens is 268 g/mol. The number of halogens is 1. The predicted octanol–water partition coefficient (Wildman–Crippen LogP) is 1.26. The van der Waals surface area contributed by atoms with Crippen molar-refractivity contribution in [1.82, 2.24) is 10.3 Å². The van der Waals surface area contributed by atoms with Crippen LogP contribution in [0.25, 0.3) is 6.08 Å². The minimum absolute atomic E-state index is 0.0174. The van der Waals surface area contributed by atoms with Gasteiger partial charge in [-0.3, -0.25) is 4.79 Å². The summed E-state index contributed by atoms with van der Waals surface area (Å²) in [7, 11) is 0. The van der Waals surface area contributed by atoms with Gasteiger partial charge in [0.05, 0.1) is 13.2 Å². The molecule has 0 saturated carbocycles. The van der Waals surface area contributed by atoms with E-state index in [4.69, 9.17) is 21.4 Å². The molecular formula is C13H17ClN2O3. The van der Waals surface area contributed by atoms with Gasteiger partial charge in [0.15, 0.2) is 0 Å². The lowest BCUT2D eigenvalue weighted by molar-refractivity contribution is -0.116. The van der Waals surface area contributed by atoms with Crippen LogP contribution in [0.3, 0.4) is 0 Å². The SMILES string of the molecule is O=C(/C=C/c1ccnc(Cl)c1)NCCCOCCO. The van der Waals surface area contributed by atoms with Crippen LogP contribution in [0.4, 0.5) is 0 Å². The number of aromatic nitrogens is 1. The highest BCUT2D eigenvalue weighted by Crippen LogP contribution is 2.08. The van der Waals surface area contributed by atoms with Gasteiger partial charge in [-0.25, -0.2) is 4.98 Å². The highest BCUT2D eigenvalue weighted by molar-refractivity contribution is 6.29. The smallest absolute Gasteiger partial charge is 0.244 e. The third-order valence-electron chi connectivity index (χ3n) is 2.18. The summed E-state index contributed by atoms with van der Waals surface area (Å²) in [6.07, 6.45) is 5.41. The van der Waals surface area contributed by atoms with E-state index < -0.39 is 0 Å². The molecule has 5 nitrogen and oxygen atoms in total. The van der Waals surface area contributed by atoms with Crippen LogP contribution in [0, 0.1) is 0 Å². The van der Waals surface area contributed by atoms with Gasteiger partial charge in [-0.1, -0.05) is 11.6 Å². The Labute approximate surface area is 117 Å². The molecule has 1 amide bonds. The van der Waals surface area contributed by atoms with Gasteiger partial charge in [0.2, 0.25) is 5.91 Å². The van der Waals surface area contributed by atoms with Crippen LogP contribution in [0.15, 0.2) is 24.4 Å². The Morgan fingerprint density at radius 2 is 2.37 bits per heavy atom. The molecule has 0 aliphatic rings. The van der Waals surface area contributed by atoms with Crippen molar-refractivity contribution in [1.29, 1.82) is 0 Å². The number of amides is 1. The Hall–Kier alpha value is -1.43. The predicted molar refractivity (Wildman–Crippen MR) is 73.8 cm³/mol. The standard InChI is InChI=1S/C13H17ClN2O3/c14-12-10-11(4-6-15-12)2-3-13(18)16-5-1-8-19-9-7-17/h2-4,6,10,17H,1,5,7-9H2,(H,16,18)/b3-2+. The zero-order valence-electron chi connectivity index (χ0n) is 10.5. The summed E-state index contributed by atoms with van der Waals surface area (Å²) in [5.74, 6) is -0.171. The Morgan fingerprint density at radius 1 is 1.53 bits per heavy atom. The molecule has 1 heterocycles. The van der Waals surface area contributed by atoms with Crippen LogP contribution >= 0.6 is 11.6 Å². The fourth-order valence-corrected chi connectivity index (χ4v) is 1.49. The third kappa shape index (κ3) is 7.56. The van der Waals surface area contributed by atoms with E-state index in [-0.39, 0.29) is 12.5 Å². The van der Waals surface area contributed by atoms with Crippen molar-refractivity contribution in [3.05, 3.63) is 35.1 Å². The Morgan fingerprint density at radius 3 is 3.11 bits per heavy atom. The third-order valence-corrected chi connectivity index (χ3v) is 2.38. The van der Waals surface area contributed by atoms with Crippen molar-refractivity contribution in [3.8, 4) is 0 Å². The number of ether oxygens (including phenoxy) is 1. The first-order chi connectivity index (χ1) is 9.22. The van der Waals surface area contributed by atoms with E-state index in [1.165, 1.54) is 6.08 Å². The number of carbonyl (C=O) groups excluding carboxylic acids is 1. The number of nitrogens with zero attached hydrogens (tertiary/aromatic N) is 1. The molecule has 1 aromatic rings. The minimum atomic E-state index is -0.171. The van der Waals surface area contributed by atoms with Gasteiger partial charge in [0.1, 0.15) is 5.15 Å². The van der Waals surface area contributed by atoms with Crippen LogP contribution in [-0.2, 0) is 9.53 Å². The fourth-order valence-electron chi connectivity index (χ4n) is 1.30. The summed E-state index contributed by atoms with van der Waals surface area (Å²) in [6.45, 7) is 1.40. The van der Waals surface area contributed by atoms with E-state index in [1.54, 1.807) is 24.4 Å². The topological polar surface area (TPSA) is 71.5 Å². The lowest BCUT2D eigenvalue weighted by atomic mass is 10.2. The van der Waals surface area contributed by atoms with Crippen LogP contribution < -0.4 is 5.32 Å². The first kappa shape index (κ1) is 15.6. The van der Waals surface area contributed by atoms with Crippen molar-refractivity contribution in [2.75, 3.05) is 26.4 Å². The second kappa shape index (κ2) is 9.49. The summed E-state index contributed by atoms with van der Waals surface area (Å²) in [5, 5.41) is 11.6. The number of rotatable bonds is 8. The van der Waals surface area contributed by atoms with Gasteiger partial charge in [0, 0.05) is 25.4 Å². The minimum Gasteiger partial charge on any atom is -0.394 e. The number of hydrogen-bond donors (Lipinski definition) is 2. The molecule has 6 heteroatoms. The number of aliphatic hydroxyl groups is 1. The maximum atomic E-state index is 11.5. The number of pyridine rings is 1. The number of hydrogen-bond acceptors (Lipinski definition) is 4. The second-order valence-electron chi connectivity index (χ2n) is 3.73. The number of aliphatic hydroxyl groups excluding tert-OH is 1. The van der Waals surface area contributed by atoms with Crippen molar-refractivity contribution < 1.29 is 14.6 Å². The molecule has 0 unspecified atom stereocenters. The molecule has 2 N–H and O–H groups in total. The summed E-state index contributed by atoms with van der Waals surface area (Å²) >= 11 is 5.73. The molecule has 1 aromatic heterocycles. The monoisotopic (exact) mass is 284 g/mol. The molecule has 0 bridgehead atoms. The van der Waals surface area contributed by atoms with Gasteiger partial charge < -0.3 is 15.2 Å². The summed E-state index contributed by atoms with van der Waals surface area (Å²) in [6, 6.07) is 3.44. The summed E-state index contributed by atoms with van der Waals surface area (Å²) < 4.78 is 5.07. The molecule has 0 spiro atoms. The Kier molecular flexibility index (Phi) is 7.81. The van der Waals surface area contributed by atoms with Gasteiger partial charge in [-0.2, -0.15) is 0 Å². The van der Waals surface area contributed by atoms with Crippen molar-refractivity contribution in [2.45, 2.75) is 6.42 Å². The largest absolute Gasteiger partial charge is 0.394 e. The molecule has 0 radical (unpaired) electrons. The van der Waals surface area contributed by atoms with E-state index >= 15 is 0 Å². The maximum absolute atomic E-state index is 11.5. The molecule has 0 aliphatic heterocycles. The van der Waals surface area contributed by atoms with Crippen molar-refractivity contribution in [3.63, 3.8) is 0 Å². The quantitative estimate of drug-likeness (QED) is 0.428. The molecule has 0 saturated heterocycles. The molecule has 19 heavy (non-hydrogen) atoms. The van der Waals surface area contributed by atoms with Crippen LogP contribution in [0.1, 0.15) is 12.0 Å². The van der Waals surface area contributed by atoms with E-state index in [0.717, 1.165) is 5.56 Å². The normalized spacial score (nSPS) is 10.8. The van der Waals surface area contributed by atoms with Gasteiger partial charge in [0.25, 0.3) is 0 Å². The fraction of sp³-hybridized carbons (Fsp3) is 0.385. The average molecular weight is 285 g/mol. The Bertz CT molecular complexity index is 424. The van der Waals surface area contributed by atoms with Gasteiger partial charge in [-0.15, -0.1) is 0 Å². The molecule has 1 rings (SSSR count). The second-order valence-corrected chi connectivity index (χ2v) is 4.11. The van der Waals surface area contributed by atoms with E-state index in [0.29, 0.717) is 31.3 Å². The number of carbonyl (C=O) groups is 1. The van der Waals surface area contributed by atoms with Crippen LogP contribution in [0.2, 0.25) is 5.15 Å².